The molecule has 6 nitrogen and oxygen atoms in total. The summed E-state index contributed by atoms with van der Waals surface area (Å²) < 4.78 is 23.1. The van der Waals surface area contributed by atoms with Crippen molar-refractivity contribution in [1.29, 1.82) is 0 Å². The van der Waals surface area contributed by atoms with Gasteiger partial charge in [-0.2, -0.15) is 0 Å². The predicted octanol–water partition coefficient (Wildman–Crippen LogP) is 10.7. The summed E-state index contributed by atoms with van der Waals surface area (Å²) in [5, 5.41) is 7.39. The highest BCUT2D eigenvalue weighted by Crippen LogP contribution is 2.37. The number of thiocarbonyl (C=S) groups is 2. The summed E-state index contributed by atoms with van der Waals surface area (Å²) in [6, 6.07) is 16.9. The maximum Gasteiger partial charge on any atom is 0.261 e. The molecule has 0 amide bonds. The Morgan fingerprint density at radius 1 is 0.627 bits per heavy atom. The van der Waals surface area contributed by atoms with Gasteiger partial charge in [0, 0.05) is 11.2 Å². The van der Waals surface area contributed by atoms with E-state index < -0.39 is 0 Å². The highest BCUT2D eigenvalue weighted by molar-refractivity contribution is 7.80. The Labute approximate surface area is 319 Å². The molecule has 280 valence electrons. The van der Waals surface area contributed by atoms with Crippen molar-refractivity contribution in [1.82, 2.24) is 5.32 Å². The topological polar surface area (TPSA) is 61.0 Å². The lowest BCUT2D eigenvalue weighted by Crippen LogP contribution is -2.45. The monoisotopic (exact) mass is 734 g/mol. The zero-order valence-electron chi connectivity index (χ0n) is 32.8. The molecule has 0 bridgehead atoms. The lowest BCUT2D eigenvalue weighted by Gasteiger charge is -2.32. The third-order valence-electron chi connectivity index (χ3n) is 10.5. The molecule has 0 aromatic heterocycles. The first kappa shape index (κ1) is 42.1. The standard InChI is InChI=1S/C43H62N2O4S2/c1-11-34-28-32(25-30(7)38(34)42(9,13-3)14-4)27-33-26-31(8)39(35(12-2)29-33)44-40(50)48-23-21-46-36-17-19-37(20-18-36)47-22-24-49-41(51)45-43(10,15-5)16-6/h17-20,25-26,28-29H,11-16,21-24,27H2,1-10H3,(H,44,50)(H,45,51). The normalized spacial score (nSPS) is 11.6. The minimum atomic E-state index is -0.0529. The van der Waals surface area contributed by atoms with Crippen LogP contribution in [0.15, 0.2) is 48.5 Å². The van der Waals surface area contributed by atoms with E-state index in [2.05, 4.69) is 104 Å². The van der Waals surface area contributed by atoms with E-state index in [-0.39, 0.29) is 11.0 Å². The third-order valence-corrected chi connectivity index (χ3v) is 10.9. The second-order valence-corrected chi connectivity index (χ2v) is 14.7. The van der Waals surface area contributed by atoms with Gasteiger partial charge in [-0.05, 0) is 159 Å². The smallest absolute Gasteiger partial charge is 0.261 e. The number of hydrogen-bond acceptors (Lipinski definition) is 6. The number of rotatable bonds is 19. The predicted molar refractivity (Wildman–Crippen MR) is 222 cm³/mol. The molecule has 51 heavy (non-hydrogen) atoms. The Balaban J connectivity index is 1.48. The Kier molecular flexibility index (Phi) is 16.5. The fourth-order valence-electron chi connectivity index (χ4n) is 6.59. The Bertz CT molecular complexity index is 1580. The molecule has 0 heterocycles. The number of hydrogen-bond donors (Lipinski definition) is 2. The summed E-state index contributed by atoms with van der Waals surface area (Å²) in [6.07, 6.45) is 7.08. The van der Waals surface area contributed by atoms with Crippen LogP contribution in [0.25, 0.3) is 0 Å². The molecule has 3 rings (SSSR count). The molecule has 2 N–H and O–H groups in total. The van der Waals surface area contributed by atoms with E-state index in [4.69, 9.17) is 43.4 Å². The molecule has 0 unspecified atom stereocenters. The van der Waals surface area contributed by atoms with Gasteiger partial charge in [-0.3, -0.25) is 0 Å². The third kappa shape index (κ3) is 12.1. The minimum Gasteiger partial charge on any atom is -0.490 e. The Morgan fingerprint density at radius 2 is 1.12 bits per heavy atom. The van der Waals surface area contributed by atoms with E-state index >= 15 is 0 Å². The Morgan fingerprint density at radius 3 is 1.61 bits per heavy atom. The number of ether oxygens (including phenoxy) is 4. The van der Waals surface area contributed by atoms with Gasteiger partial charge in [-0.15, -0.1) is 0 Å². The molecule has 0 aliphatic rings. The highest BCUT2D eigenvalue weighted by Gasteiger charge is 2.27. The number of aryl methyl sites for hydroxylation is 4. The largest absolute Gasteiger partial charge is 0.490 e. The van der Waals surface area contributed by atoms with Crippen molar-refractivity contribution in [2.75, 3.05) is 31.7 Å². The SMILES string of the molecule is CCc1cc(Cc2cc(C)c(C(C)(CC)CC)c(CC)c2)cc(C)c1NC(=S)OCCOc1ccc(OCCOC(=S)NC(C)(CC)CC)cc1. The minimum absolute atomic E-state index is 0.0529. The van der Waals surface area contributed by atoms with Crippen molar-refractivity contribution in [3.05, 3.63) is 87.5 Å². The molecule has 0 saturated heterocycles. The van der Waals surface area contributed by atoms with Crippen molar-refractivity contribution in [3.8, 4) is 11.5 Å². The quantitative estimate of drug-likeness (QED) is 0.0933. The molecule has 0 spiro atoms. The van der Waals surface area contributed by atoms with Crippen molar-refractivity contribution >= 4 is 40.5 Å². The van der Waals surface area contributed by atoms with E-state index in [1.807, 2.05) is 24.3 Å². The fourth-order valence-corrected chi connectivity index (χ4v) is 7.11. The number of nitrogens with one attached hydrogen (secondary N) is 2. The van der Waals surface area contributed by atoms with E-state index in [1.165, 1.54) is 27.8 Å². The molecule has 0 aliphatic heterocycles. The van der Waals surface area contributed by atoms with Crippen LogP contribution in [0.3, 0.4) is 0 Å². The van der Waals surface area contributed by atoms with E-state index in [0.717, 1.165) is 67.7 Å². The summed E-state index contributed by atoms with van der Waals surface area (Å²) in [4.78, 5) is 0. The first-order valence-electron chi connectivity index (χ1n) is 18.8. The second kappa shape index (κ2) is 20.0. The van der Waals surface area contributed by atoms with Gasteiger partial charge >= 0.3 is 0 Å². The van der Waals surface area contributed by atoms with E-state index in [9.17, 15) is 0 Å². The van der Waals surface area contributed by atoms with Crippen molar-refractivity contribution in [2.24, 2.45) is 0 Å². The van der Waals surface area contributed by atoms with Gasteiger partial charge in [-0.25, -0.2) is 0 Å². The van der Waals surface area contributed by atoms with Crippen LogP contribution in [-0.4, -0.2) is 42.3 Å². The molecule has 0 atom stereocenters. The molecule has 0 fully saturated rings. The van der Waals surface area contributed by atoms with Crippen LogP contribution in [0.2, 0.25) is 0 Å². The van der Waals surface area contributed by atoms with Crippen LogP contribution in [0.1, 0.15) is 120 Å². The first-order valence-corrected chi connectivity index (χ1v) is 19.6. The molecule has 3 aromatic carbocycles. The van der Waals surface area contributed by atoms with Gasteiger partial charge in [0.15, 0.2) is 0 Å². The fraction of sp³-hybridized carbons (Fsp3) is 0.535. The van der Waals surface area contributed by atoms with E-state index in [0.29, 0.717) is 36.8 Å². The first-order chi connectivity index (χ1) is 24.3. The van der Waals surface area contributed by atoms with Crippen LogP contribution < -0.4 is 20.1 Å². The molecule has 8 heteroatoms. The van der Waals surface area contributed by atoms with Crippen LogP contribution in [0, 0.1) is 13.8 Å². The average Bonchev–Trinajstić information content (AvgIpc) is 3.12. The summed E-state index contributed by atoms with van der Waals surface area (Å²) in [5.74, 6) is 1.46. The highest BCUT2D eigenvalue weighted by atomic mass is 32.1. The van der Waals surface area contributed by atoms with Gasteiger partial charge in [0.2, 0.25) is 0 Å². The van der Waals surface area contributed by atoms with Crippen LogP contribution in [0.4, 0.5) is 5.69 Å². The van der Waals surface area contributed by atoms with Gasteiger partial charge < -0.3 is 29.6 Å². The van der Waals surface area contributed by atoms with Crippen molar-refractivity contribution < 1.29 is 18.9 Å². The summed E-state index contributed by atoms with van der Waals surface area (Å²) in [6.45, 7) is 23.8. The maximum absolute atomic E-state index is 5.87. The molecule has 0 saturated carbocycles. The maximum atomic E-state index is 5.87. The molecule has 3 aromatic rings. The van der Waals surface area contributed by atoms with Crippen molar-refractivity contribution in [2.45, 2.75) is 125 Å². The van der Waals surface area contributed by atoms with Crippen LogP contribution >= 0.6 is 24.4 Å². The molecule has 0 aliphatic carbocycles. The lowest BCUT2D eigenvalue weighted by molar-refractivity contribution is 0.198. The molecular formula is C43H62N2O4S2. The van der Waals surface area contributed by atoms with E-state index in [1.54, 1.807) is 5.56 Å². The molecule has 0 radical (unpaired) electrons. The van der Waals surface area contributed by atoms with Gasteiger partial charge in [-0.1, -0.05) is 72.7 Å². The molecular weight excluding hydrogens is 673 g/mol. The van der Waals surface area contributed by atoms with Gasteiger partial charge in [0.05, 0.1) is 0 Å². The average molecular weight is 735 g/mol. The summed E-state index contributed by atoms with van der Waals surface area (Å²) in [7, 11) is 0. The Hall–Kier alpha value is -3.36. The summed E-state index contributed by atoms with van der Waals surface area (Å²) >= 11 is 10.9. The van der Waals surface area contributed by atoms with Gasteiger partial charge in [0.1, 0.15) is 37.9 Å². The summed E-state index contributed by atoms with van der Waals surface area (Å²) in [5.41, 5.74) is 10.7. The lowest BCUT2D eigenvalue weighted by atomic mass is 9.72. The van der Waals surface area contributed by atoms with Crippen LogP contribution in [-0.2, 0) is 34.2 Å². The van der Waals surface area contributed by atoms with Crippen molar-refractivity contribution in [3.63, 3.8) is 0 Å². The number of anilines is 1. The second-order valence-electron chi connectivity index (χ2n) is 14.0. The van der Waals surface area contributed by atoms with Gasteiger partial charge in [0.25, 0.3) is 10.3 Å². The zero-order chi connectivity index (χ0) is 37.6. The van der Waals surface area contributed by atoms with Crippen LogP contribution in [0.5, 0.6) is 11.5 Å². The zero-order valence-corrected chi connectivity index (χ0v) is 34.5. The number of benzene rings is 3.